The molecule has 0 N–H and O–H groups in total. The molecule has 0 aliphatic heterocycles. The molecule has 0 spiro atoms. The Labute approximate surface area is 120 Å². The van der Waals surface area contributed by atoms with Gasteiger partial charge in [0.05, 0.1) is 17.4 Å². The number of benzene rings is 2. The summed E-state index contributed by atoms with van der Waals surface area (Å²) < 4.78 is 10.7. The van der Waals surface area contributed by atoms with Crippen LogP contribution in [0.3, 0.4) is 0 Å². The number of methoxy groups -OCH3 is 1. The summed E-state index contributed by atoms with van der Waals surface area (Å²) in [6.07, 6.45) is 1.50. The van der Waals surface area contributed by atoms with Crippen molar-refractivity contribution < 1.29 is 9.15 Å². The van der Waals surface area contributed by atoms with E-state index in [4.69, 9.17) is 9.15 Å². The van der Waals surface area contributed by atoms with Gasteiger partial charge in [0.25, 0.3) is 0 Å². The Morgan fingerprint density at radius 2 is 1.90 bits per heavy atom. The first-order chi connectivity index (χ1) is 9.78. The van der Waals surface area contributed by atoms with Gasteiger partial charge in [-0.25, -0.2) is 0 Å². The zero-order valence-corrected chi connectivity index (χ0v) is 11.6. The molecule has 100 valence electrons. The van der Waals surface area contributed by atoms with Crippen LogP contribution in [0.2, 0.25) is 0 Å². The molecule has 0 aliphatic rings. The summed E-state index contributed by atoms with van der Waals surface area (Å²) in [6.45, 7) is 0. The largest absolute Gasteiger partial charge is 0.497 e. The summed E-state index contributed by atoms with van der Waals surface area (Å²) >= 11 is 1.40. The third-order valence-electron chi connectivity index (χ3n) is 2.92. The van der Waals surface area contributed by atoms with Crippen LogP contribution in [0.4, 0.5) is 0 Å². The lowest BCUT2D eigenvalue weighted by atomic mass is 10.2. The molecular formula is C16H12O3S. The zero-order valence-electron chi connectivity index (χ0n) is 10.8. The highest BCUT2D eigenvalue weighted by Crippen LogP contribution is 2.27. The molecule has 0 unspecified atom stereocenters. The van der Waals surface area contributed by atoms with E-state index >= 15 is 0 Å². The second-order valence-corrected chi connectivity index (χ2v) is 5.32. The van der Waals surface area contributed by atoms with Crippen molar-refractivity contribution in [3.05, 3.63) is 65.0 Å². The van der Waals surface area contributed by atoms with Crippen LogP contribution in [0.25, 0.3) is 11.0 Å². The van der Waals surface area contributed by atoms with Crippen LogP contribution in [0.15, 0.2) is 73.8 Å². The lowest BCUT2D eigenvalue weighted by Crippen LogP contribution is -2.03. The van der Waals surface area contributed by atoms with Crippen molar-refractivity contribution >= 4 is 22.7 Å². The van der Waals surface area contributed by atoms with Gasteiger partial charge in [0.15, 0.2) is 0 Å². The Balaban J connectivity index is 2.05. The molecule has 1 heterocycles. The van der Waals surface area contributed by atoms with Gasteiger partial charge in [0.1, 0.15) is 17.6 Å². The van der Waals surface area contributed by atoms with E-state index in [1.165, 1.54) is 18.0 Å². The average molecular weight is 284 g/mol. The maximum Gasteiger partial charge on any atom is 0.206 e. The van der Waals surface area contributed by atoms with Crippen molar-refractivity contribution in [1.82, 2.24) is 0 Å². The van der Waals surface area contributed by atoms with Gasteiger partial charge >= 0.3 is 0 Å². The second-order valence-electron chi connectivity index (χ2n) is 4.21. The molecule has 2 aromatic carbocycles. The number of hydrogen-bond acceptors (Lipinski definition) is 4. The normalized spacial score (nSPS) is 10.7. The van der Waals surface area contributed by atoms with E-state index in [1.54, 1.807) is 25.3 Å². The molecule has 3 aromatic rings. The summed E-state index contributed by atoms with van der Waals surface area (Å²) in [7, 11) is 1.58. The predicted octanol–water partition coefficient (Wildman–Crippen LogP) is 3.95. The number of hydrogen-bond donors (Lipinski definition) is 0. The lowest BCUT2D eigenvalue weighted by molar-refractivity contribution is 0.414. The molecule has 1 aromatic heterocycles. The Morgan fingerprint density at radius 1 is 1.10 bits per heavy atom. The van der Waals surface area contributed by atoms with Crippen LogP contribution in [0, 0.1) is 0 Å². The SMILES string of the molecule is COc1ccc2c(=O)c(Sc3ccccc3)coc2c1. The number of rotatable bonds is 3. The highest BCUT2D eigenvalue weighted by molar-refractivity contribution is 7.99. The Morgan fingerprint density at radius 3 is 2.65 bits per heavy atom. The average Bonchev–Trinajstić information content (AvgIpc) is 2.51. The zero-order chi connectivity index (χ0) is 13.9. The highest BCUT2D eigenvalue weighted by atomic mass is 32.2. The van der Waals surface area contributed by atoms with E-state index in [9.17, 15) is 4.79 Å². The molecule has 20 heavy (non-hydrogen) atoms. The van der Waals surface area contributed by atoms with Crippen LogP contribution in [-0.2, 0) is 0 Å². The smallest absolute Gasteiger partial charge is 0.206 e. The first kappa shape index (κ1) is 12.8. The fourth-order valence-corrected chi connectivity index (χ4v) is 2.75. The van der Waals surface area contributed by atoms with Crippen molar-refractivity contribution in [2.24, 2.45) is 0 Å². The molecule has 0 aliphatic carbocycles. The summed E-state index contributed by atoms with van der Waals surface area (Å²) in [6, 6.07) is 15.0. The topological polar surface area (TPSA) is 39.4 Å². The van der Waals surface area contributed by atoms with Crippen molar-refractivity contribution in [1.29, 1.82) is 0 Å². The van der Waals surface area contributed by atoms with E-state index in [-0.39, 0.29) is 5.43 Å². The van der Waals surface area contributed by atoms with Gasteiger partial charge in [-0.3, -0.25) is 4.79 Å². The van der Waals surface area contributed by atoms with Gasteiger partial charge in [0.2, 0.25) is 5.43 Å². The van der Waals surface area contributed by atoms with E-state index in [1.807, 2.05) is 30.3 Å². The molecule has 0 bridgehead atoms. The second kappa shape index (κ2) is 5.43. The fourth-order valence-electron chi connectivity index (χ4n) is 1.90. The van der Waals surface area contributed by atoms with Crippen molar-refractivity contribution in [3.63, 3.8) is 0 Å². The lowest BCUT2D eigenvalue weighted by Gasteiger charge is -2.04. The van der Waals surface area contributed by atoms with Gasteiger partial charge in [0, 0.05) is 11.0 Å². The standard InChI is InChI=1S/C16H12O3S/c1-18-11-7-8-13-14(9-11)19-10-15(16(13)17)20-12-5-3-2-4-6-12/h2-10H,1H3. The summed E-state index contributed by atoms with van der Waals surface area (Å²) in [5, 5.41) is 0.562. The fraction of sp³-hybridized carbons (Fsp3) is 0.0625. The van der Waals surface area contributed by atoms with Gasteiger partial charge in [-0.1, -0.05) is 30.0 Å². The van der Waals surface area contributed by atoms with Gasteiger partial charge in [-0.05, 0) is 24.3 Å². The van der Waals surface area contributed by atoms with Crippen LogP contribution in [0.5, 0.6) is 5.75 Å². The van der Waals surface area contributed by atoms with Gasteiger partial charge in [-0.15, -0.1) is 0 Å². The summed E-state index contributed by atoms with van der Waals surface area (Å²) in [4.78, 5) is 14.0. The maximum atomic E-state index is 12.4. The predicted molar refractivity (Wildman–Crippen MR) is 79.6 cm³/mol. The molecule has 3 nitrogen and oxygen atoms in total. The highest BCUT2D eigenvalue weighted by Gasteiger charge is 2.09. The first-order valence-electron chi connectivity index (χ1n) is 6.10. The molecule has 0 saturated carbocycles. The van der Waals surface area contributed by atoms with Crippen LogP contribution >= 0.6 is 11.8 Å². The molecule has 0 saturated heterocycles. The molecule has 0 amide bonds. The van der Waals surface area contributed by atoms with Crippen LogP contribution in [-0.4, -0.2) is 7.11 Å². The van der Waals surface area contributed by atoms with E-state index in [0.717, 1.165) is 4.90 Å². The van der Waals surface area contributed by atoms with Gasteiger partial charge in [-0.2, -0.15) is 0 Å². The minimum Gasteiger partial charge on any atom is -0.497 e. The van der Waals surface area contributed by atoms with Crippen LogP contribution in [0.1, 0.15) is 0 Å². The first-order valence-corrected chi connectivity index (χ1v) is 6.92. The van der Waals surface area contributed by atoms with Crippen molar-refractivity contribution in [2.45, 2.75) is 9.79 Å². The van der Waals surface area contributed by atoms with Gasteiger partial charge < -0.3 is 9.15 Å². The van der Waals surface area contributed by atoms with E-state index in [0.29, 0.717) is 21.6 Å². The molecular weight excluding hydrogens is 272 g/mol. The summed E-state index contributed by atoms with van der Waals surface area (Å²) in [5.74, 6) is 0.670. The van der Waals surface area contributed by atoms with Crippen molar-refractivity contribution in [2.75, 3.05) is 7.11 Å². The minimum atomic E-state index is -0.0252. The molecule has 3 rings (SSSR count). The molecule has 4 heteroatoms. The monoisotopic (exact) mass is 284 g/mol. The minimum absolute atomic E-state index is 0.0252. The third kappa shape index (κ3) is 2.42. The Bertz CT molecular complexity index is 794. The molecule has 0 atom stereocenters. The quantitative estimate of drug-likeness (QED) is 0.730. The number of ether oxygens (including phenoxy) is 1. The van der Waals surface area contributed by atoms with Crippen LogP contribution < -0.4 is 10.2 Å². The van der Waals surface area contributed by atoms with Crippen molar-refractivity contribution in [3.8, 4) is 5.75 Å². The van der Waals surface area contributed by atoms with E-state index < -0.39 is 0 Å². The third-order valence-corrected chi connectivity index (χ3v) is 3.93. The Kier molecular flexibility index (Phi) is 3.48. The maximum absolute atomic E-state index is 12.4. The number of fused-ring (bicyclic) bond motifs is 1. The van der Waals surface area contributed by atoms with E-state index in [2.05, 4.69) is 0 Å². The Hall–Kier alpha value is -2.20. The molecule has 0 radical (unpaired) electrons. The molecule has 0 fully saturated rings. The summed E-state index contributed by atoms with van der Waals surface area (Å²) in [5.41, 5.74) is 0.509.